The van der Waals surface area contributed by atoms with Gasteiger partial charge in [-0.2, -0.15) is 0 Å². The molecule has 1 aliphatic rings. The van der Waals surface area contributed by atoms with Crippen molar-refractivity contribution in [3.8, 4) is 0 Å². The van der Waals surface area contributed by atoms with Crippen molar-refractivity contribution in [1.29, 1.82) is 0 Å². The highest BCUT2D eigenvalue weighted by Crippen LogP contribution is 2.26. The predicted octanol–water partition coefficient (Wildman–Crippen LogP) is 4.03. The third-order valence-electron chi connectivity index (χ3n) is 5.74. The summed E-state index contributed by atoms with van der Waals surface area (Å²) in [6.07, 6.45) is 1.27. The van der Waals surface area contributed by atoms with Crippen molar-refractivity contribution >= 4 is 33.4 Å². The molecule has 1 aliphatic heterocycles. The largest absolute Gasteiger partial charge is 0.336 e. The summed E-state index contributed by atoms with van der Waals surface area (Å²) in [5.41, 5.74) is 1.94. The molecule has 5 nitrogen and oxygen atoms in total. The first-order chi connectivity index (χ1) is 14.1. The summed E-state index contributed by atoms with van der Waals surface area (Å²) < 4.78 is 2.10. The number of aryl methyl sites for hydroxylation is 2. The highest BCUT2D eigenvalue weighted by Gasteiger charge is 2.31. The third-order valence-corrected chi connectivity index (χ3v) is 6.69. The number of thiophene rings is 1. The van der Waals surface area contributed by atoms with Crippen molar-refractivity contribution in [2.24, 2.45) is 0 Å². The number of nitrogens with zero attached hydrogens (tertiary/aromatic N) is 3. The Hall–Kier alpha value is -2.60. The van der Waals surface area contributed by atoms with Crippen molar-refractivity contribution in [2.45, 2.75) is 39.3 Å². The Labute approximate surface area is 175 Å². The van der Waals surface area contributed by atoms with E-state index < -0.39 is 0 Å². The molecule has 0 N–H and O–H groups in total. The van der Waals surface area contributed by atoms with Crippen molar-refractivity contribution in [1.82, 2.24) is 14.4 Å². The second-order valence-electron chi connectivity index (χ2n) is 7.63. The minimum absolute atomic E-state index is 0.0297. The maximum atomic E-state index is 13.2. The zero-order valence-electron chi connectivity index (χ0n) is 17.0. The molecule has 3 aromatic rings. The third kappa shape index (κ3) is 3.94. The molecule has 0 radical (unpaired) electrons. The predicted molar refractivity (Wildman–Crippen MR) is 117 cm³/mol. The Bertz CT molecular complexity index is 1010. The Morgan fingerprint density at radius 2 is 1.93 bits per heavy atom. The standard InChI is InChI=1S/C23H27N3O2S/c1-3-25-20(15-19-11-14-29-23(19)25)22(28)24-12-13-26(17(2)16-24)21(27)10-9-18-7-5-4-6-8-18/h4-8,11,14-15,17H,3,9-10,12-13,16H2,1-2H3/t17-/m1/s1. The first-order valence-electron chi connectivity index (χ1n) is 10.3. The van der Waals surface area contributed by atoms with Crippen LogP contribution in [0.4, 0.5) is 0 Å². The van der Waals surface area contributed by atoms with E-state index in [1.165, 1.54) is 5.56 Å². The molecule has 152 valence electrons. The molecule has 4 rings (SSSR count). The van der Waals surface area contributed by atoms with Crippen LogP contribution in [-0.4, -0.2) is 51.9 Å². The average molecular weight is 410 g/mol. The number of rotatable bonds is 5. The van der Waals surface area contributed by atoms with Crippen LogP contribution < -0.4 is 0 Å². The molecular formula is C23H27N3O2S. The quantitative estimate of drug-likeness (QED) is 0.639. The zero-order valence-corrected chi connectivity index (χ0v) is 17.8. The van der Waals surface area contributed by atoms with E-state index >= 15 is 0 Å². The molecule has 1 fully saturated rings. The van der Waals surface area contributed by atoms with Gasteiger partial charge in [-0.1, -0.05) is 30.3 Å². The molecule has 0 saturated carbocycles. The Morgan fingerprint density at radius 1 is 1.14 bits per heavy atom. The number of carbonyl (C=O) groups excluding carboxylic acids is 2. The summed E-state index contributed by atoms with van der Waals surface area (Å²) in [7, 11) is 0. The van der Waals surface area contributed by atoms with Crippen LogP contribution >= 0.6 is 11.3 Å². The molecule has 0 aliphatic carbocycles. The summed E-state index contributed by atoms with van der Waals surface area (Å²) in [4.78, 5) is 30.9. The molecule has 0 unspecified atom stereocenters. The topological polar surface area (TPSA) is 45.6 Å². The molecule has 1 saturated heterocycles. The minimum Gasteiger partial charge on any atom is -0.336 e. The van der Waals surface area contributed by atoms with Crippen molar-refractivity contribution < 1.29 is 9.59 Å². The van der Waals surface area contributed by atoms with E-state index in [0.29, 0.717) is 26.1 Å². The van der Waals surface area contributed by atoms with Crippen molar-refractivity contribution in [3.05, 3.63) is 59.1 Å². The van der Waals surface area contributed by atoms with Crippen molar-refractivity contribution in [3.63, 3.8) is 0 Å². The number of hydrogen-bond acceptors (Lipinski definition) is 3. The maximum absolute atomic E-state index is 13.2. The highest BCUT2D eigenvalue weighted by molar-refractivity contribution is 7.16. The SMILES string of the molecule is CCn1c(C(=O)N2CCN(C(=O)CCc3ccccc3)[C@H](C)C2)cc2ccsc21. The summed E-state index contributed by atoms with van der Waals surface area (Å²) in [5, 5.41) is 3.19. The summed E-state index contributed by atoms with van der Waals surface area (Å²) in [6.45, 7) is 6.65. The molecule has 29 heavy (non-hydrogen) atoms. The normalized spacial score (nSPS) is 17.1. The Morgan fingerprint density at radius 3 is 2.66 bits per heavy atom. The van der Waals surface area contributed by atoms with Gasteiger partial charge in [-0.15, -0.1) is 11.3 Å². The first-order valence-corrected chi connectivity index (χ1v) is 11.2. The number of piperazine rings is 1. The number of aromatic nitrogens is 1. The van der Waals surface area contributed by atoms with Crippen LogP contribution in [0.2, 0.25) is 0 Å². The summed E-state index contributed by atoms with van der Waals surface area (Å²) >= 11 is 1.67. The summed E-state index contributed by atoms with van der Waals surface area (Å²) in [6, 6.07) is 14.2. The van der Waals surface area contributed by atoms with Crippen LogP contribution in [0.5, 0.6) is 0 Å². The van der Waals surface area contributed by atoms with Gasteiger partial charge in [-0.3, -0.25) is 9.59 Å². The van der Waals surface area contributed by atoms with Crippen LogP contribution in [0.3, 0.4) is 0 Å². The van der Waals surface area contributed by atoms with Gasteiger partial charge in [0.25, 0.3) is 5.91 Å². The van der Waals surface area contributed by atoms with Crippen LogP contribution in [0.15, 0.2) is 47.8 Å². The van der Waals surface area contributed by atoms with Crippen LogP contribution in [-0.2, 0) is 17.8 Å². The van der Waals surface area contributed by atoms with Crippen LogP contribution in [0, 0.1) is 0 Å². The van der Waals surface area contributed by atoms with Gasteiger partial charge in [0, 0.05) is 44.0 Å². The zero-order chi connectivity index (χ0) is 20.4. The van der Waals surface area contributed by atoms with E-state index in [9.17, 15) is 9.59 Å². The van der Waals surface area contributed by atoms with Gasteiger partial charge >= 0.3 is 0 Å². The molecule has 0 spiro atoms. The molecule has 6 heteroatoms. The Balaban J connectivity index is 1.39. The van der Waals surface area contributed by atoms with Crippen molar-refractivity contribution in [2.75, 3.05) is 19.6 Å². The van der Waals surface area contributed by atoms with E-state index in [4.69, 9.17) is 0 Å². The Kier molecular flexibility index (Phi) is 5.72. The molecule has 1 aromatic carbocycles. The van der Waals surface area contributed by atoms with E-state index in [1.807, 2.05) is 41.0 Å². The monoisotopic (exact) mass is 409 g/mol. The second kappa shape index (κ2) is 8.41. The van der Waals surface area contributed by atoms with Gasteiger partial charge in [-0.25, -0.2) is 0 Å². The minimum atomic E-state index is 0.0297. The highest BCUT2D eigenvalue weighted by atomic mass is 32.1. The number of hydrogen-bond donors (Lipinski definition) is 0. The number of carbonyl (C=O) groups is 2. The van der Waals surface area contributed by atoms with Crippen LogP contribution in [0.25, 0.3) is 10.2 Å². The average Bonchev–Trinajstić information content (AvgIpc) is 3.33. The van der Waals surface area contributed by atoms with E-state index in [1.54, 1.807) is 11.3 Å². The fourth-order valence-electron chi connectivity index (χ4n) is 4.18. The summed E-state index contributed by atoms with van der Waals surface area (Å²) in [5.74, 6) is 0.240. The molecule has 1 atom stereocenters. The first kappa shape index (κ1) is 19.7. The lowest BCUT2D eigenvalue weighted by atomic mass is 10.1. The number of amides is 2. The lowest BCUT2D eigenvalue weighted by Gasteiger charge is -2.40. The molecule has 2 aromatic heterocycles. The van der Waals surface area contributed by atoms with E-state index in [2.05, 4.69) is 35.1 Å². The molecule has 3 heterocycles. The number of fused-ring (bicyclic) bond motifs is 1. The van der Waals surface area contributed by atoms with Gasteiger partial charge in [0.2, 0.25) is 5.91 Å². The molecular weight excluding hydrogens is 382 g/mol. The van der Waals surface area contributed by atoms with Gasteiger partial charge < -0.3 is 14.4 Å². The lowest BCUT2D eigenvalue weighted by Crippen LogP contribution is -2.55. The fourth-order valence-corrected chi connectivity index (χ4v) is 5.14. The molecule has 2 amide bonds. The second-order valence-corrected chi connectivity index (χ2v) is 8.52. The van der Waals surface area contributed by atoms with Gasteiger partial charge in [-0.05, 0) is 43.3 Å². The van der Waals surface area contributed by atoms with E-state index in [0.717, 1.165) is 28.9 Å². The number of benzene rings is 1. The lowest BCUT2D eigenvalue weighted by molar-refractivity contribution is -0.135. The van der Waals surface area contributed by atoms with Crippen LogP contribution in [0.1, 0.15) is 36.3 Å². The smallest absolute Gasteiger partial charge is 0.270 e. The maximum Gasteiger partial charge on any atom is 0.270 e. The van der Waals surface area contributed by atoms with Gasteiger partial charge in [0.15, 0.2) is 0 Å². The van der Waals surface area contributed by atoms with E-state index in [-0.39, 0.29) is 17.9 Å². The fraction of sp³-hybridized carbons (Fsp3) is 0.391. The molecule has 0 bridgehead atoms. The van der Waals surface area contributed by atoms with Gasteiger partial charge in [0.1, 0.15) is 10.5 Å². The van der Waals surface area contributed by atoms with Gasteiger partial charge in [0.05, 0.1) is 0 Å².